The fourth-order valence-electron chi connectivity index (χ4n) is 3.41. The molecule has 0 aliphatic heterocycles. The smallest absolute Gasteiger partial charge is 0.260 e. The summed E-state index contributed by atoms with van der Waals surface area (Å²) in [5.74, 6) is 1.34. The Bertz CT molecular complexity index is 1300. The first-order valence-corrected chi connectivity index (χ1v) is 11.1. The zero-order chi connectivity index (χ0) is 21.8. The number of carbonyl (C=O) groups excluding carboxylic acids is 1. The molecule has 0 fully saturated rings. The highest BCUT2D eigenvalue weighted by Gasteiger charge is 2.22. The van der Waals surface area contributed by atoms with Crippen LogP contribution >= 0.6 is 11.3 Å². The van der Waals surface area contributed by atoms with E-state index in [2.05, 4.69) is 0 Å². The van der Waals surface area contributed by atoms with E-state index in [1.54, 1.807) is 17.0 Å². The van der Waals surface area contributed by atoms with Gasteiger partial charge in [0.1, 0.15) is 11.5 Å². The summed E-state index contributed by atoms with van der Waals surface area (Å²) in [6, 6.07) is 34.7. The molecule has 1 aromatic heterocycles. The van der Waals surface area contributed by atoms with Crippen molar-refractivity contribution >= 4 is 32.6 Å². The molecule has 4 aromatic carbocycles. The Morgan fingerprint density at radius 1 is 0.750 bits per heavy atom. The van der Waals surface area contributed by atoms with E-state index in [4.69, 9.17) is 9.72 Å². The summed E-state index contributed by atoms with van der Waals surface area (Å²) in [5.41, 5.74) is 2.52. The molecule has 0 unspecified atom stereocenters. The Labute approximate surface area is 190 Å². The number of thiazole rings is 1. The van der Waals surface area contributed by atoms with Crippen molar-refractivity contribution in [1.29, 1.82) is 0 Å². The molecule has 0 aliphatic carbocycles. The maximum atomic E-state index is 13.5. The van der Waals surface area contributed by atoms with Crippen LogP contribution in [0.1, 0.15) is 15.9 Å². The average molecular weight is 437 g/mol. The molecule has 0 radical (unpaired) electrons. The molecule has 0 saturated heterocycles. The summed E-state index contributed by atoms with van der Waals surface area (Å²) in [6.45, 7) is 0.446. The van der Waals surface area contributed by atoms with Gasteiger partial charge < -0.3 is 4.74 Å². The summed E-state index contributed by atoms with van der Waals surface area (Å²) in [4.78, 5) is 20.0. The molecule has 0 saturated carbocycles. The first kappa shape index (κ1) is 20.0. The van der Waals surface area contributed by atoms with E-state index in [0.717, 1.165) is 21.5 Å². The fourth-order valence-corrected chi connectivity index (χ4v) is 4.38. The number of amides is 1. The molecule has 1 amide bonds. The second kappa shape index (κ2) is 9.04. The lowest BCUT2D eigenvalue weighted by molar-refractivity contribution is 0.0985. The number of benzene rings is 4. The summed E-state index contributed by atoms with van der Waals surface area (Å²) < 4.78 is 6.91. The van der Waals surface area contributed by atoms with Crippen molar-refractivity contribution in [2.75, 3.05) is 4.90 Å². The highest BCUT2D eigenvalue weighted by molar-refractivity contribution is 7.22. The first-order valence-electron chi connectivity index (χ1n) is 10.3. The summed E-state index contributed by atoms with van der Waals surface area (Å²) >= 11 is 1.52. The van der Waals surface area contributed by atoms with Crippen LogP contribution in [0.4, 0.5) is 5.13 Å². The van der Waals surface area contributed by atoms with Gasteiger partial charge in [0.15, 0.2) is 5.13 Å². The average Bonchev–Trinajstić information content (AvgIpc) is 3.28. The van der Waals surface area contributed by atoms with Gasteiger partial charge in [0, 0.05) is 5.56 Å². The van der Waals surface area contributed by atoms with Crippen LogP contribution in [0, 0.1) is 0 Å². The number of nitrogens with zero attached hydrogens (tertiary/aromatic N) is 2. The predicted molar refractivity (Wildman–Crippen MR) is 130 cm³/mol. The van der Waals surface area contributed by atoms with E-state index in [9.17, 15) is 4.79 Å². The minimum absolute atomic E-state index is 0.0980. The number of aromatic nitrogens is 1. The van der Waals surface area contributed by atoms with Gasteiger partial charge in [0.25, 0.3) is 5.91 Å². The third-order valence-corrected chi connectivity index (χ3v) is 6.08. The largest absolute Gasteiger partial charge is 0.457 e. The minimum atomic E-state index is -0.0980. The van der Waals surface area contributed by atoms with Crippen LogP contribution in [-0.4, -0.2) is 10.9 Å². The number of hydrogen-bond donors (Lipinski definition) is 0. The lowest BCUT2D eigenvalue weighted by Crippen LogP contribution is -2.30. The standard InChI is InChI=1S/C27H20N2O2S/c30-26(21-15-17-23(18-16-21)31-22-11-5-2-6-12-22)29(19-20-9-3-1-4-10-20)27-28-24-13-7-8-14-25(24)32-27/h1-18H,19H2. The molecule has 5 heteroatoms. The van der Waals surface area contributed by atoms with Gasteiger partial charge in [-0.25, -0.2) is 4.98 Å². The van der Waals surface area contributed by atoms with Gasteiger partial charge in [-0.3, -0.25) is 9.69 Å². The number of hydrogen-bond acceptors (Lipinski definition) is 4. The van der Waals surface area contributed by atoms with Gasteiger partial charge >= 0.3 is 0 Å². The van der Waals surface area contributed by atoms with E-state index < -0.39 is 0 Å². The van der Waals surface area contributed by atoms with Crippen LogP contribution in [0.2, 0.25) is 0 Å². The van der Waals surface area contributed by atoms with Crippen molar-refractivity contribution in [3.8, 4) is 11.5 Å². The van der Waals surface area contributed by atoms with Gasteiger partial charge in [-0.15, -0.1) is 0 Å². The van der Waals surface area contributed by atoms with E-state index in [-0.39, 0.29) is 5.91 Å². The third-order valence-electron chi connectivity index (χ3n) is 5.02. The van der Waals surface area contributed by atoms with E-state index >= 15 is 0 Å². The van der Waals surface area contributed by atoms with Crippen LogP contribution in [0.3, 0.4) is 0 Å². The highest BCUT2D eigenvalue weighted by Crippen LogP contribution is 2.31. The molecule has 0 N–H and O–H groups in total. The number of rotatable bonds is 6. The molecular formula is C27H20N2O2S. The quantitative estimate of drug-likeness (QED) is 0.290. The Morgan fingerprint density at radius 3 is 2.09 bits per heavy atom. The van der Waals surface area contributed by atoms with Gasteiger partial charge in [-0.2, -0.15) is 0 Å². The lowest BCUT2D eigenvalue weighted by Gasteiger charge is -2.20. The number of ether oxygens (including phenoxy) is 1. The van der Waals surface area contributed by atoms with Crippen LogP contribution in [-0.2, 0) is 6.54 Å². The monoisotopic (exact) mass is 436 g/mol. The Balaban J connectivity index is 1.44. The SMILES string of the molecule is O=C(c1ccc(Oc2ccccc2)cc1)N(Cc1ccccc1)c1nc2ccccc2s1. The molecule has 5 rings (SSSR count). The molecule has 156 valence electrons. The zero-order valence-corrected chi connectivity index (χ0v) is 18.0. The Hall–Kier alpha value is -3.96. The molecule has 32 heavy (non-hydrogen) atoms. The van der Waals surface area contributed by atoms with Gasteiger partial charge in [-0.05, 0) is 54.1 Å². The second-order valence-electron chi connectivity index (χ2n) is 7.28. The maximum absolute atomic E-state index is 13.5. The van der Waals surface area contributed by atoms with E-state index in [0.29, 0.717) is 23.0 Å². The lowest BCUT2D eigenvalue weighted by atomic mass is 10.1. The van der Waals surface area contributed by atoms with Crippen LogP contribution in [0.15, 0.2) is 109 Å². The second-order valence-corrected chi connectivity index (χ2v) is 8.29. The van der Waals surface area contributed by atoms with E-state index in [1.807, 2.05) is 97.1 Å². The first-order chi connectivity index (χ1) is 15.8. The van der Waals surface area contributed by atoms with E-state index in [1.165, 1.54) is 11.3 Å². The fraction of sp³-hybridized carbons (Fsp3) is 0.0370. The van der Waals surface area contributed by atoms with Crippen molar-refractivity contribution in [1.82, 2.24) is 4.98 Å². The molecule has 4 nitrogen and oxygen atoms in total. The maximum Gasteiger partial charge on any atom is 0.260 e. The van der Waals surface area contributed by atoms with Gasteiger partial charge in [-0.1, -0.05) is 72.0 Å². The van der Waals surface area contributed by atoms with Crippen LogP contribution < -0.4 is 9.64 Å². The number of anilines is 1. The van der Waals surface area contributed by atoms with Crippen molar-refractivity contribution in [2.24, 2.45) is 0 Å². The van der Waals surface area contributed by atoms with Crippen molar-refractivity contribution in [3.63, 3.8) is 0 Å². The molecule has 0 atom stereocenters. The van der Waals surface area contributed by atoms with Crippen molar-refractivity contribution in [3.05, 3.63) is 120 Å². The Morgan fingerprint density at radius 2 is 1.38 bits per heavy atom. The molecule has 0 bridgehead atoms. The molecule has 5 aromatic rings. The summed E-state index contributed by atoms with van der Waals surface area (Å²) in [6.07, 6.45) is 0. The molecule has 0 spiro atoms. The minimum Gasteiger partial charge on any atom is -0.457 e. The van der Waals surface area contributed by atoms with Gasteiger partial charge in [0.2, 0.25) is 0 Å². The number of carbonyl (C=O) groups is 1. The number of fused-ring (bicyclic) bond motifs is 1. The molecule has 1 heterocycles. The number of para-hydroxylation sites is 2. The molecular weight excluding hydrogens is 416 g/mol. The van der Waals surface area contributed by atoms with Crippen molar-refractivity contribution in [2.45, 2.75) is 6.54 Å². The van der Waals surface area contributed by atoms with Gasteiger partial charge in [0.05, 0.1) is 16.8 Å². The third kappa shape index (κ3) is 4.38. The summed E-state index contributed by atoms with van der Waals surface area (Å²) in [5, 5.41) is 0.685. The van der Waals surface area contributed by atoms with Crippen molar-refractivity contribution < 1.29 is 9.53 Å². The molecule has 0 aliphatic rings. The topological polar surface area (TPSA) is 42.4 Å². The predicted octanol–water partition coefficient (Wildman–Crippen LogP) is 6.94. The summed E-state index contributed by atoms with van der Waals surface area (Å²) in [7, 11) is 0. The highest BCUT2D eigenvalue weighted by atomic mass is 32.1. The van der Waals surface area contributed by atoms with Crippen LogP contribution in [0.25, 0.3) is 10.2 Å². The normalized spacial score (nSPS) is 10.8. The zero-order valence-electron chi connectivity index (χ0n) is 17.2. The van der Waals surface area contributed by atoms with Crippen LogP contribution in [0.5, 0.6) is 11.5 Å². The Kier molecular flexibility index (Phi) is 5.64.